The Labute approximate surface area is 105 Å². The molecule has 0 saturated heterocycles. The molecular weight excluding hydrogens is 255 g/mol. The van der Waals surface area contributed by atoms with E-state index in [9.17, 15) is 4.39 Å². The Morgan fingerprint density at radius 1 is 1.33 bits per heavy atom. The van der Waals surface area contributed by atoms with Crippen molar-refractivity contribution in [3.8, 4) is 22.2 Å². The van der Waals surface area contributed by atoms with Crippen LogP contribution < -0.4 is 5.73 Å². The Morgan fingerprint density at radius 3 is 3.00 bits per heavy atom. The average Bonchev–Trinajstić information content (AvgIpc) is 3.01. The molecule has 0 bridgehead atoms. The van der Waals surface area contributed by atoms with E-state index in [0.717, 1.165) is 4.88 Å². The number of halogens is 1. The van der Waals surface area contributed by atoms with Crippen LogP contribution in [-0.2, 0) is 0 Å². The highest BCUT2D eigenvalue weighted by Crippen LogP contribution is 2.29. The minimum absolute atomic E-state index is 0.00277. The molecule has 0 unspecified atom stereocenters. The summed E-state index contributed by atoms with van der Waals surface area (Å²) in [5.74, 6) is 0.0941. The lowest BCUT2D eigenvalue weighted by Gasteiger charge is -2.00. The number of benzene rings is 1. The summed E-state index contributed by atoms with van der Waals surface area (Å²) in [6, 6.07) is 4.44. The van der Waals surface area contributed by atoms with E-state index in [2.05, 4.69) is 15.1 Å². The molecule has 7 heteroatoms. The third-order valence-corrected chi connectivity index (χ3v) is 3.13. The number of nitrogens with zero attached hydrogens (tertiary/aromatic N) is 3. The zero-order valence-corrected chi connectivity index (χ0v) is 9.82. The number of hydrogen-bond acceptors (Lipinski definition) is 6. The van der Waals surface area contributed by atoms with E-state index < -0.39 is 5.82 Å². The molecule has 2 heterocycles. The minimum Gasteiger partial charge on any atom is -0.396 e. The Balaban J connectivity index is 2.06. The predicted molar refractivity (Wildman–Crippen MR) is 65.2 cm³/mol. The largest absolute Gasteiger partial charge is 0.396 e. The first kappa shape index (κ1) is 10.8. The van der Waals surface area contributed by atoms with Crippen LogP contribution in [0, 0.1) is 5.82 Å². The van der Waals surface area contributed by atoms with Gasteiger partial charge in [-0.1, -0.05) is 11.2 Å². The lowest BCUT2D eigenvalue weighted by Crippen LogP contribution is -1.94. The standard InChI is InChI=1S/C11H7FN4OS/c12-7-3-1-2-6(9(7)13)11-15-10(16-17-11)8-4-14-5-18-8/h1-5H,13H2. The van der Waals surface area contributed by atoms with Gasteiger partial charge in [0.2, 0.25) is 5.82 Å². The Kier molecular flexibility index (Phi) is 2.52. The van der Waals surface area contributed by atoms with Gasteiger partial charge in [-0.15, -0.1) is 11.3 Å². The summed E-state index contributed by atoms with van der Waals surface area (Å²) in [4.78, 5) is 8.87. The molecule has 0 atom stereocenters. The number of nitrogen functional groups attached to an aromatic ring is 1. The van der Waals surface area contributed by atoms with Crippen LogP contribution in [0.1, 0.15) is 0 Å². The minimum atomic E-state index is -0.509. The molecule has 0 spiro atoms. The Hall–Kier alpha value is -2.28. The Morgan fingerprint density at radius 2 is 2.22 bits per heavy atom. The summed E-state index contributed by atoms with van der Waals surface area (Å²) in [6.07, 6.45) is 1.63. The SMILES string of the molecule is Nc1c(F)cccc1-c1nc(-c2cncs2)no1. The summed E-state index contributed by atoms with van der Waals surface area (Å²) in [6.45, 7) is 0. The van der Waals surface area contributed by atoms with Gasteiger partial charge in [-0.25, -0.2) is 4.39 Å². The lowest BCUT2D eigenvalue weighted by atomic mass is 10.2. The number of anilines is 1. The first-order valence-electron chi connectivity index (χ1n) is 5.02. The van der Waals surface area contributed by atoms with Crippen LogP contribution in [-0.4, -0.2) is 15.1 Å². The molecule has 0 aliphatic rings. The van der Waals surface area contributed by atoms with Gasteiger partial charge in [-0.3, -0.25) is 4.98 Å². The van der Waals surface area contributed by atoms with E-state index in [1.165, 1.54) is 23.5 Å². The predicted octanol–water partition coefficient (Wildman–Crippen LogP) is 2.58. The van der Waals surface area contributed by atoms with Crippen molar-refractivity contribution in [1.29, 1.82) is 0 Å². The first-order chi connectivity index (χ1) is 8.75. The maximum Gasteiger partial charge on any atom is 0.260 e. The van der Waals surface area contributed by atoms with Crippen molar-refractivity contribution >= 4 is 17.0 Å². The summed E-state index contributed by atoms with van der Waals surface area (Å²) in [5.41, 5.74) is 7.68. The van der Waals surface area contributed by atoms with Crippen molar-refractivity contribution in [3.05, 3.63) is 35.7 Å². The summed E-state index contributed by atoms with van der Waals surface area (Å²) >= 11 is 1.39. The third-order valence-electron chi connectivity index (χ3n) is 2.36. The van der Waals surface area contributed by atoms with Crippen LogP contribution in [0.5, 0.6) is 0 Å². The quantitative estimate of drug-likeness (QED) is 0.718. The van der Waals surface area contributed by atoms with E-state index in [1.54, 1.807) is 17.8 Å². The monoisotopic (exact) mass is 262 g/mol. The normalized spacial score (nSPS) is 10.7. The molecule has 0 fully saturated rings. The van der Waals surface area contributed by atoms with Crippen LogP contribution in [0.25, 0.3) is 22.2 Å². The van der Waals surface area contributed by atoms with Crippen molar-refractivity contribution in [2.75, 3.05) is 5.73 Å². The van der Waals surface area contributed by atoms with Gasteiger partial charge in [0.25, 0.3) is 5.89 Å². The van der Waals surface area contributed by atoms with Gasteiger partial charge < -0.3 is 10.3 Å². The van der Waals surface area contributed by atoms with Crippen molar-refractivity contribution in [2.24, 2.45) is 0 Å². The summed E-state index contributed by atoms with van der Waals surface area (Å²) in [5, 5.41) is 3.81. The molecule has 0 aliphatic carbocycles. The zero-order valence-electron chi connectivity index (χ0n) is 9.00. The number of aromatic nitrogens is 3. The highest BCUT2D eigenvalue weighted by Gasteiger charge is 2.15. The lowest BCUT2D eigenvalue weighted by molar-refractivity contribution is 0.432. The van der Waals surface area contributed by atoms with Crippen molar-refractivity contribution in [1.82, 2.24) is 15.1 Å². The van der Waals surface area contributed by atoms with Gasteiger partial charge in [0.1, 0.15) is 5.82 Å². The second-order valence-corrected chi connectivity index (χ2v) is 4.38. The first-order valence-corrected chi connectivity index (χ1v) is 5.90. The summed E-state index contributed by atoms with van der Waals surface area (Å²) in [7, 11) is 0. The van der Waals surface area contributed by atoms with Crippen LogP contribution in [0.2, 0.25) is 0 Å². The molecule has 2 N–H and O–H groups in total. The topological polar surface area (TPSA) is 77.8 Å². The number of rotatable bonds is 2. The fraction of sp³-hybridized carbons (Fsp3) is 0. The molecule has 0 amide bonds. The second-order valence-electron chi connectivity index (χ2n) is 3.49. The van der Waals surface area contributed by atoms with Gasteiger partial charge in [0.05, 0.1) is 21.6 Å². The van der Waals surface area contributed by atoms with E-state index in [1.807, 2.05) is 0 Å². The molecule has 2 aromatic heterocycles. The van der Waals surface area contributed by atoms with Gasteiger partial charge >= 0.3 is 0 Å². The van der Waals surface area contributed by atoms with Gasteiger partial charge in [-0.05, 0) is 12.1 Å². The van der Waals surface area contributed by atoms with E-state index in [-0.39, 0.29) is 11.6 Å². The van der Waals surface area contributed by atoms with Crippen molar-refractivity contribution in [3.63, 3.8) is 0 Å². The van der Waals surface area contributed by atoms with E-state index >= 15 is 0 Å². The Bertz CT molecular complexity index is 680. The third kappa shape index (κ3) is 1.74. The molecule has 5 nitrogen and oxygen atoms in total. The molecular formula is C11H7FN4OS. The maximum atomic E-state index is 13.3. The molecule has 18 heavy (non-hydrogen) atoms. The van der Waals surface area contributed by atoms with Crippen LogP contribution in [0.4, 0.5) is 10.1 Å². The van der Waals surface area contributed by atoms with Crippen molar-refractivity contribution < 1.29 is 8.91 Å². The molecule has 1 aromatic carbocycles. The number of para-hydroxylation sites is 1. The van der Waals surface area contributed by atoms with Crippen LogP contribution >= 0.6 is 11.3 Å². The number of hydrogen-bond donors (Lipinski definition) is 1. The smallest absolute Gasteiger partial charge is 0.260 e. The number of thiazole rings is 1. The fourth-order valence-electron chi connectivity index (χ4n) is 1.48. The zero-order chi connectivity index (χ0) is 12.5. The van der Waals surface area contributed by atoms with Gasteiger partial charge in [0, 0.05) is 6.20 Å². The highest BCUT2D eigenvalue weighted by atomic mass is 32.1. The van der Waals surface area contributed by atoms with Gasteiger partial charge in [0.15, 0.2) is 0 Å². The molecule has 0 aliphatic heterocycles. The van der Waals surface area contributed by atoms with Crippen LogP contribution in [0.3, 0.4) is 0 Å². The molecule has 90 valence electrons. The van der Waals surface area contributed by atoms with Crippen LogP contribution in [0.15, 0.2) is 34.4 Å². The van der Waals surface area contributed by atoms with Gasteiger partial charge in [-0.2, -0.15) is 4.98 Å². The molecule has 3 rings (SSSR count). The maximum absolute atomic E-state index is 13.3. The molecule has 3 aromatic rings. The molecule has 0 saturated carbocycles. The second kappa shape index (κ2) is 4.19. The fourth-order valence-corrected chi connectivity index (χ4v) is 2.03. The summed E-state index contributed by atoms with van der Waals surface area (Å²) < 4.78 is 18.4. The van der Waals surface area contributed by atoms with E-state index in [4.69, 9.17) is 10.3 Å². The molecule has 0 radical (unpaired) electrons. The highest BCUT2D eigenvalue weighted by molar-refractivity contribution is 7.13. The average molecular weight is 262 g/mol. The van der Waals surface area contributed by atoms with Crippen molar-refractivity contribution in [2.45, 2.75) is 0 Å². The number of nitrogens with two attached hydrogens (primary N) is 1. The van der Waals surface area contributed by atoms with E-state index in [0.29, 0.717) is 11.4 Å².